The Morgan fingerprint density at radius 3 is 2.64 bits per heavy atom. The van der Waals surface area contributed by atoms with Crippen LogP contribution in [0.4, 0.5) is 10.1 Å². The molecule has 2 aromatic rings. The number of esters is 1. The molecular weight excluding hydrogens is 449 g/mol. The summed E-state index contributed by atoms with van der Waals surface area (Å²) in [6, 6.07) is 9.24. The number of nitrogen functional groups attached to an aromatic ring is 1. The van der Waals surface area contributed by atoms with Crippen LogP contribution in [0.2, 0.25) is 5.02 Å². The van der Waals surface area contributed by atoms with Crippen molar-refractivity contribution in [2.24, 2.45) is 0 Å². The standard InChI is InChI=1S/C24H27ClFN3O4/c1-16(30)33-15-20-14-28(13-17-3-6-19(26)7-4-17)9-10-29(20)24(31)8-5-18-11-23(32-2)21(25)12-22(18)27/h3-8,11-12,20H,9-10,13-15,27H2,1-2H3/b8-5+/t20-/m0/s1. The van der Waals surface area contributed by atoms with E-state index in [2.05, 4.69) is 4.90 Å². The molecule has 1 aliphatic heterocycles. The number of rotatable bonds is 7. The number of anilines is 1. The molecule has 0 bridgehead atoms. The summed E-state index contributed by atoms with van der Waals surface area (Å²) >= 11 is 6.08. The number of benzene rings is 2. The molecule has 1 fully saturated rings. The molecule has 0 saturated carbocycles. The molecule has 9 heteroatoms. The van der Waals surface area contributed by atoms with Crippen LogP contribution in [-0.2, 0) is 20.9 Å². The predicted molar refractivity (Wildman–Crippen MR) is 125 cm³/mol. The minimum Gasteiger partial charge on any atom is -0.495 e. The molecule has 1 amide bonds. The van der Waals surface area contributed by atoms with Crippen LogP contribution in [0.25, 0.3) is 6.08 Å². The number of piperazine rings is 1. The number of carbonyl (C=O) groups excluding carboxylic acids is 2. The van der Waals surface area contributed by atoms with Crippen molar-refractivity contribution in [3.8, 4) is 5.75 Å². The van der Waals surface area contributed by atoms with E-state index < -0.39 is 5.97 Å². The number of halogens is 2. The molecule has 176 valence electrons. The molecule has 1 atom stereocenters. The third kappa shape index (κ3) is 6.69. The lowest BCUT2D eigenvalue weighted by atomic mass is 10.1. The van der Waals surface area contributed by atoms with Gasteiger partial charge in [0.15, 0.2) is 0 Å². The minimum absolute atomic E-state index is 0.0890. The summed E-state index contributed by atoms with van der Waals surface area (Å²) in [7, 11) is 1.50. The highest BCUT2D eigenvalue weighted by molar-refractivity contribution is 6.32. The van der Waals surface area contributed by atoms with Crippen molar-refractivity contribution >= 4 is 35.2 Å². The second-order valence-electron chi connectivity index (χ2n) is 7.80. The van der Waals surface area contributed by atoms with Gasteiger partial charge in [-0.2, -0.15) is 0 Å². The van der Waals surface area contributed by atoms with Crippen molar-refractivity contribution in [2.75, 3.05) is 39.1 Å². The molecule has 2 aromatic carbocycles. The number of methoxy groups -OCH3 is 1. The second-order valence-corrected chi connectivity index (χ2v) is 8.21. The summed E-state index contributed by atoms with van der Waals surface area (Å²) in [4.78, 5) is 28.2. The van der Waals surface area contributed by atoms with Gasteiger partial charge in [-0.3, -0.25) is 14.5 Å². The lowest BCUT2D eigenvalue weighted by molar-refractivity contribution is -0.147. The first kappa shape index (κ1) is 24.5. The third-order valence-corrected chi connectivity index (χ3v) is 5.71. The van der Waals surface area contributed by atoms with Gasteiger partial charge in [-0.25, -0.2) is 4.39 Å². The Balaban J connectivity index is 1.72. The molecule has 33 heavy (non-hydrogen) atoms. The molecule has 0 unspecified atom stereocenters. The van der Waals surface area contributed by atoms with Crippen molar-refractivity contribution in [3.05, 3.63) is 64.4 Å². The molecular formula is C24H27ClFN3O4. The first-order chi connectivity index (χ1) is 15.8. The normalized spacial score (nSPS) is 16.7. The summed E-state index contributed by atoms with van der Waals surface area (Å²) in [5.74, 6) is -0.454. The van der Waals surface area contributed by atoms with Gasteiger partial charge in [0, 0.05) is 50.4 Å². The second kappa shape index (κ2) is 11.2. The zero-order valence-corrected chi connectivity index (χ0v) is 19.3. The highest BCUT2D eigenvalue weighted by Crippen LogP contribution is 2.30. The van der Waals surface area contributed by atoms with Crippen molar-refractivity contribution in [3.63, 3.8) is 0 Å². The number of hydrogen-bond donors (Lipinski definition) is 1. The summed E-state index contributed by atoms with van der Waals surface area (Å²) in [5, 5.41) is 0.386. The first-order valence-corrected chi connectivity index (χ1v) is 10.9. The fourth-order valence-corrected chi connectivity index (χ4v) is 3.95. The highest BCUT2D eigenvalue weighted by atomic mass is 35.5. The van der Waals surface area contributed by atoms with Gasteiger partial charge in [0.25, 0.3) is 0 Å². The summed E-state index contributed by atoms with van der Waals surface area (Å²) in [6.45, 7) is 3.63. The quantitative estimate of drug-likeness (QED) is 0.375. The van der Waals surface area contributed by atoms with Gasteiger partial charge in [-0.05, 0) is 35.9 Å². The van der Waals surface area contributed by atoms with Crippen LogP contribution in [-0.4, -0.2) is 61.1 Å². The SMILES string of the molecule is COc1cc(/C=C/C(=O)N2CCN(Cc3ccc(F)cc3)C[C@H]2COC(C)=O)c(N)cc1Cl. The Labute approximate surface area is 197 Å². The Morgan fingerprint density at radius 2 is 1.97 bits per heavy atom. The van der Waals surface area contributed by atoms with Crippen molar-refractivity contribution in [2.45, 2.75) is 19.5 Å². The average molecular weight is 476 g/mol. The average Bonchev–Trinajstić information content (AvgIpc) is 2.78. The Morgan fingerprint density at radius 1 is 1.24 bits per heavy atom. The molecule has 1 heterocycles. The molecule has 0 aliphatic carbocycles. The van der Waals surface area contributed by atoms with Gasteiger partial charge in [0.1, 0.15) is 18.2 Å². The van der Waals surface area contributed by atoms with E-state index in [1.807, 2.05) is 0 Å². The maximum atomic E-state index is 13.2. The maximum Gasteiger partial charge on any atom is 0.302 e. The summed E-state index contributed by atoms with van der Waals surface area (Å²) < 4.78 is 23.6. The van der Waals surface area contributed by atoms with E-state index in [1.165, 1.54) is 32.2 Å². The van der Waals surface area contributed by atoms with Gasteiger partial charge in [0.05, 0.1) is 18.2 Å². The van der Waals surface area contributed by atoms with Gasteiger partial charge in [-0.1, -0.05) is 23.7 Å². The number of nitrogens with two attached hydrogens (primary N) is 1. The van der Waals surface area contributed by atoms with Crippen LogP contribution in [0.1, 0.15) is 18.1 Å². The molecule has 1 saturated heterocycles. The number of carbonyl (C=O) groups is 2. The maximum absolute atomic E-state index is 13.2. The molecule has 7 nitrogen and oxygen atoms in total. The minimum atomic E-state index is -0.408. The van der Waals surface area contributed by atoms with E-state index >= 15 is 0 Å². The number of nitrogens with zero attached hydrogens (tertiary/aromatic N) is 2. The molecule has 1 aliphatic rings. The van der Waals surface area contributed by atoms with E-state index in [-0.39, 0.29) is 24.4 Å². The largest absolute Gasteiger partial charge is 0.495 e. The molecule has 3 rings (SSSR count). The van der Waals surface area contributed by atoms with Crippen LogP contribution in [0.5, 0.6) is 5.75 Å². The number of ether oxygens (including phenoxy) is 2. The zero-order valence-electron chi connectivity index (χ0n) is 18.6. The van der Waals surface area contributed by atoms with Gasteiger partial charge >= 0.3 is 5.97 Å². The van der Waals surface area contributed by atoms with Crippen LogP contribution in [0, 0.1) is 5.82 Å². The molecule has 0 radical (unpaired) electrons. The molecule has 0 spiro atoms. The van der Waals surface area contributed by atoms with Crippen LogP contribution in [0.15, 0.2) is 42.5 Å². The fourth-order valence-electron chi connectivity index (χ4n) is 3.70. The van der Waals surface area contributed by atoms with Crippen molar-refractivity contribution in [1.29, 1.82) is 0 Å². The number of hydrogen-bond acceptors (Lipinski definition) is 6. The lowest BCUT2D eigenvalue weighted by Gasteiger charge is -2.40. The van der Waals surface area contributed by atoms with Crippen molar-refractivity contribution in [1.82, 2.24) is 9.80 Å². The van der Waals surface area contributed by atoms with Crippen molar-refractivity contribution < 1.29 is 23.5 Å². The van der Waals surface area contributed by atoms with Crippen LogP contribution in [0.3, 0.4) is 0 Å². The topological polar surface area (TPSA) is 85.1 Å². The summed E-state index contributed by atoms with van der Waals surface area (Å²) in [5.41, 5.74) is 8.01. The van der Waals surface area contributed by atoms with E-state index in [1.54, 1.807) is 35.2 Å². The third-order valence-electron chi connectivity index (χ3n) is 5.41. The first-order valence-electron chi connectivity index (χ1n) is 10.5. The number of amides is 1. The van der Waals surface area contributed by atoms with E-state index in [9.17, 15) is 14.0 Å². The molecule has 2 N–H and O–H groups in total. The van der Waals surface area contributed by atoms with E-state index in [0.717, 1.165) is 5.56 Å². The Hall–Kier alpha value is -3.10. The van der Waals surface area contributed by atoms with E-state index in [0.29, 0.717) is 48.2 Å². The zero-order chi connectivity index (χ0) is 24.0. The predicted octanol–water partition coefficient (Wildman–Crippen LogP) is 3.36. The lowest BCUT2D eigenvalue weighted by Crippen LogP contribution is -2.56. The Kier molecular flexibility index (Phi) is 8.30. The smallest absolute Gasteiger partial charge is 0.302 e. The van der Waals surface area contributed by atoms with Crippen LogP contribution >= 0.6 is 11.6 Å². The molecule has 0 aromatic heterocycles. The monoisotopic (exact) mass is 475 g/mol. The Bertz CT molecular complexity index is 1030. The van der Waals surface area contributed by atoms with Gasteiger partial charge in [0.2, 0.25) is 5.91 Å². The summed E-state index contributed by atoms with van der Waals surface area (Å²) in [6.07, 6.45) is 3.06. The van der Waals surface area contributed by atoms with Gasteiger partial charge in [-0.15, -0.1) is 0 Å². The highest BCUT2D eigenvalue weighted by Gasteiger charge is 2.30. The van der Waals surface area contributed by atoms with E-state index in [4.69, 9.17) is 26.8 Å². The fraction of sp³-hybridized carbons (Fsp3) is 0.333. The van der Waals surface area contributed by atoms with Gasteiger partial charge < -0.3 is 20.1 Å². The van der Waals surface area contributed by atoms with Crippen LogP contribution < -0.4 is 10.5 Å².